The summed E-state index contributed by atoms with van der Waals surface area (Å²) in [6.07, 6.45) is 2.28. The van der Waals surface area contributed by atoms with Gasteiger partial charge in [-0.15, -0.1) is 0 Å². The van der Waals surface area contributed by atoms with Crippen molar-refractivity contribution in [3.63, 3.8) is 0 Å². The van der Waals surface area contributed by atoms with Gasteiger partial charge in [0, 0.05) is 0 Å². The Morgan fingerprint density at radius 2 is 1.43 bits per heavy atom. The summed E-state index contributed by atoms with van der Waals surface area (Å²) in [5.74, 6) is 0. The summed E-state index contributed by atoms with van der Waals surface area (Å²) in [5.41, 5.74) is 0. The Kier molecular flexibility index (Phi) is 93.2. The van der Waals surface area contributed by atoms with E-state index in [1.54, 1.807) is 0 Å². The molecule has 0 aromatic rings. The van der Waals surface area contributed by atoms with Crippen molar-refractivity contribution in [1.82, 2.24) is 0 Å². The summed E-state index contributed by atoms with van der Waals surface area (Å²) in [5, 5.41) is 0. The first-order valence-corrected chi connectivity index (χ1v) is 1.71. The van der Waals surface area contributed by atoms with Crippen molar-refractivity contribution in [1.29, 1.82) is 0 Å². The monoisotopic (exact) mass is 86.1 g/mol. The van der Waals surface area contributed by atoms with Gasteiger partial charge in [0.05, 0.1) is 0 Å². The van der Waals surface area contributed by atoms with Crippen molar-refractivity contribution in [2.45, 2.75) is 19.8 Å². The van der Waals surface area contributed by atoms with Crippen LogP contribution in [0.1, 0.15) is 19.8 Å². The Labute approximate surface area is 71.8 Å². The Bertz CT molecular complexity index is 8.04. The molecule has 0 radical (unpaired) electrons. The number of unbranched alkanes of at least 4 members (excludes halogenated alkanes) is 1. The van der Waals surface area contributed by atoms with Gasteiger partial charge in [0.2, 0.25) is 0 Å². The van der Waals surface area contributed by atoms with Gasteiger partial charge in [0.1, 0.15) is 0 Å². The second-order valence-corrected chi connectivity index (χ2v) is 0.854. The number of hydrogen-bond acceptors (Lipinski definition) is 0. The normalized spacial score (nSPS) is 4.29. The van der Waals surface area contributed by atoms with E-state index in [-0.39, 0.29) is 45.1 Å². The van der Waals surface area contributed by atoms with E-state index in [0.717, 1.165) is 6.42 Å². The summed E-state index contributed by atoms with van der Waals surface area (Å²) in [7, 11) is 0. The Balaban J connectivity index is -0.0000000150. The average Bonchev–Trinajstić information content (AvgIpc) is 1.37. The summed E-state index contributed by atoms with van der Waals surface area (Å²) in [6, 6.07) is 0. The van der Waals surface area contributed by atoms with Gasteiger partial charge in [-0.05, 0) is 0 Å². The zero-order chi connectivity index (χ0) is 3.41. The van der Waals surface area contributed by atoms with E-state index in [0.29, 0.717) is 0 Å². The minimum Gasteiger partial charge on any atom is -0.358 e. The standard InChI is InChI=1S/C4H9.CH3.2Li/c1-3-4-2;;;/h1,3-4H2,2H3;1H3;;/q2*-1;2*+1. The van der Waals surface area contributed by atoms with Crippen molar-refractivity contribution in [2.75, 3.05) is 0 Å². The second kappa shape index (κ2) is 27.1. The van der Waals surface area contributed by atoms with Crippen LogP contribution >= 0.6 is 0 Å². The maximum atomic E-state index is 3.60. The van der Waals surface area contributed by atoms with Crippen LogP contribution in [0.2, 0.25) is 0 Å². The van der Waals surface area contributed by atoms with E-state index in [1.807, 2.05) is 0 Å². The summed E-state index contributed by atoms with van der Waals surface area (Å²) in [6.45, 7) is 5.72. The van der Waals surface area contributed by atoms with Gasteiger partial charge in [0.25, 0.3) is 0 Å². The van der Waals surface area contributed by atoms with Crippen LogP contribution in [0.3, 0.4) is 0 Å². The van der Waals surface area contributed by atoms with Gasteiger partial charge in [0.15, 0.2) is 0 Å². The predicted octanol–water partition coefficient (Wildman–Crippen LogP) is -3.92. The zero-order valence-corrected chi connectivity index (χ0v) is 6.12. The third-order valence-electron chi connectivity index (χ3n) is 0.354. The van der Waals surface area contributed by atoms with Gasteiger partial charge in [-0.2, -0.15) is 6.42 Å². The third-order valence-corrected chi connectivity index (χ3v) is 0.354. The summed E-state index contributed by atoms with van der Waals surface area (Å²) < 4.78 is 0. The van der Waals surface area contributed by atoms with Gasteiger partial charge in [-0.3, -0.25) is 0 Å². The fraction of sp³-hybridized carbons (Fsp3) is 0.600. The van der Waals surface area contributed by atoms with Crippen LogP contribution in [-0.4, -0.2) is 0 Å². The SMILES string of the molecule is [CH2-]CCC.[CH3-].[Li+].[Li+]. The molecule has 0 aliphatic carbocycles. The van der Waals surface area contributed by atoms with E-state index in [9.17, 15) is 0 Å². The van der Waals surface area contributed by atoms with Crippen LogP contribution in [0.15, 0.2) is 0 Å². The fourth-order valence-corrected chi connectivity index (χ4v) is 0. The zero-order valence-electron chi connectivity index (χ0n) is 6.12. The van der Waals surface area contributed by atoms with Gasteiger partial charge < -0.3 is 14.4 Å². The molecule has 0 heterocycles. The smallest absolute Gasteiger partial charge is 0.358 e. The van der Waals surface area contributed by atoms with Crippen LogP contribution in [0.4, 0.5) is 0 Å². The van der Waals surface area contributed by atoms with Crippen LogP contribution in [0, 0.1) is 14.4 Å². The molecule has 0 spiro atoms. The molecular weight excluding hydrogens is 73.9 g/mol. The van der Waals surface area contributed by atoms with Gasteiger partial charge in [-0.1, -0.05) is 13.3 Å². The third kappa shape index (κ3) is 40.3. The molecule has 0 fully saturated rings. The first-order valence-electron chi connectivity index (χ1n) is 1.71. The van der Waals surface area contributed by atoms with Crippen molar-refractivity contribution < 1.29 is 37.7 Å². The van der Waals surface area contributed by atoms with E-state index >= 15 is 0 Å². The molecule has 0 bridgehead atoms. The largest absolute Gasteiger partial charge is 1.00 e. The fourth-order valence-electron chi connectivity index (χ4n) is 0. The molecule has 0 amide bonds. The number of hydrogen-bond donors (Lipinski definition) is 0. The summed E-state index contributed by atoms with van der Waals surface area (Å²) in [4.78, 5) is 0. The summed E-state index contributed by atoms with van der Waals surface area (Å²) >= 11 is 0. The maximum absolute atomic E-state index is 3.60. The molecule has 0 aliphatic rings. The van der Waals surface area contributed by atoms with E-state index < -0.39 is 0 Å². The molecule has 0 saturated heterocycles. The van der Waals surface area contributed by atoms with Crippen molar-refractivity contribution in [3.05, 3.63) is 14.4 Å². The van der Waals surface area contributed by atoms with Gasteiger partial charge >= 0.3 is 37.7 Å². The molecule has 7 heavy (non-hydrogen) atoms. The van der Waals surface area contributed by atoms with Crippen molar-refractivity contribution >= 4 is 0 Å². The van der Waals surface area contributed by atoms with Crippen LogP contribution in [0.25, 0.3) is 0 Å². The molecule has 0 rings (SSSR count). The quantitative estimate of drug-likeness (QED) is 0.226. The second-order valence-electron chi connectivity index (χ2n) is 0.854. The molecular formula is C5H12Li2. The van der Waals surface area contributed by atoms with Crippen LogP contribution in [-0.2, 0) is 0 Å². The predicted molar refractivity (Wildman–Crippen MR) is 26.7 cm³/mol. The molecule has 0 unspecified atom stereocenters. The Morgan fingerprint density at radius 1 is 1.29 bits per heavy atom. The average molecular weight is 86.0 g/mol. The van der Waals surface area contributed by atoms with E-state index in [4.69, 9.17) is 0 Å². The minimum atomic E-state index is 0. The number of rotatable bonds is 1. The maximum Gasteiger partial charge on any atom is 1.00 e. The molecule has 0 N–H and O–H groups in total. The molecule has 2 heteroatoms. The molecule has 0 nitrogen and oxygen atoms in total. The van der Waals surface area contributed by atoms with Gasteiger partial charge in [-0.25, -0.2) is 0 Å². The van der Waals surface area contributed by atoms with Crippen molar-refractivity contribution in [2.24, 2.45) is 0 Å². The van der Waals surface area contributed by atoms with Crippen LogP contribution < -0.4 is 37.7 Å². The topological polar surface area (TPSA) is 0 Å². The van der Waals surface area contributed by atoms with E-state index in [1.165, 1.54) is 6.42 Å². The Morgan fingerprint density at radius 3 is 1.43 bits per heavy atom. The first-order chi connectivity index (χ1) is 1.91. The Hall–Kier alpha value is 1.19. The molecule has 0 aromatic carbocycles. The van der Waals surface area contributed by atoms with E-state index in [2.05, 4.69) is 13.8 Å². The molecule has 0 aliphatic heterocycles. The molecule has 0 aromatic heterocycles. The molecule has 0 atom stereocenters. The van der Waals surface area contributed by atoms with Crippen LogP contribution in [0.5, 0.6) is 0 Å². The van der Waals surface area contributed by atoms with Crippen molar-refractivity contribution in [3.8, 4) is 0 Å². The first kappa shape index (κ1) is 24.1. The minimum absolute atomic E-state index is 0. The molecule has 34 valence electrons. The molecule has 0 saturated carbocycles.